The number of benzene rings is 1. The highest BCUT2D eigenvalue weighted by Gasteiger charge is 2.22. The molecule has 1 saturated heterocycles. The van der Waals surface area contributed by atoms with Crippen molar-refractivity contribution in [1.29, 1.82) is 0 Å². The summed E-state index contributed by atoms with van der Waals surface area (Å²) in [6, 6.07) is 6.12. The van der Waals surface area contributed by atoms with E-state index in [1.165, 1.54) is 16.4 Å². The summed E-state index contributed by atoms with van der Waals surface area (Å²) in [5.41, 5.74) is 0.673. The lowest BCUT2D eigenvalue weighted by Gasteiger charge is -2.29. The van der Waals surface area contributed by atoms with Gasteiger partial charge in [0.2, 0.25) is 10.0 Å². The third-order valence-electron chi connectivity index (χ3n) is 3.87. The van der Waals surface area contributed by atoms with Crippen molar-refractivity contribution in [2.24, 2.45) is 0 Å². The van der Waals surface area contributed by atoms with Crippen LogP contribution < -0.4 is 0 Å². The van der Waals surface area contributed by atoms with E-state index in [9.17, 15) is 12.8 Å². The van der Waals surface area contributed by atoms with Crippen LogP contribution >= 0.6 is 0 Å². The van der Waals surface area contributed by atoms with Crippen molar-refractivity contribution in [1.82, 2.24) is 9.21 Å². The zero-order chi connectivity index (χ0) is 16.7. The summed E-state index contributed by atoms with van der Waals surface area (Å²) in [5.74, 6) is -0.227. The number of hydrogen-bond donors (Lipinski definition) is 0. The maximum atomic E-state index is 13.3. The molecule has 0 amide bonds. The molecule has 1 aromatic rings. The van der Waals surface area contributed by atoms with E-state index in [0.29, 0.717) is 38.3 Å². The van der Waals surface area contributed by atoms with Gasteiger partial charge in [0.25, 0.3) is 0 Å². The number of ether oxygens (including phenoxy) is 1. The van der Waals surface area contributed by atoms with Crippen LogP contribution in [0.2, 0.25) is 0 Å². The van der Waals surface area contributed by atoms with Crippen molar-refractivity contribution in [3.63, 3.8) is 0 Å². The summed E-state index contributed by atoms with van der Waals surface area (Å²) >= 11 is 0. The van der Waals surface area contributed by atoms with E-state index in [-0.39, 0.29) is 18.1 Å². The van der Waals surface area contributed by atoms with Crippen molar-refractivity contribution in [3.05, 3.63) is 35.6 Å². The lowest BCUT2D eigenvalue weighted by atomic mass is 10.2. The van der Waals surface area contributed by atoms with Crippen molar-refractivity contribution >= 4 is 10.0 Å². The van der Waals surface area contributed by atoms with Gasteiger partial charge in [0, 0.05) is 32.7 Å². The predicted octanol–water partition coefficient (Wildman–Crippen LogP) is 1.70. The van der Waals surface area contributed by atoms with Gasteiger partial charge < -0.3 is 4.74 Å². The molecule has 2 rings (SSSR count). The molecule has 23 heavy (non-hydrogen) atoms. The molecule has 0 bridgehead atoms. The fraction of sp³-hybridized carbons (Fsp3) is 0.625. The quantitative estimate of drug-likeness (QED) is 0.720. The van der Waals surface area contributed by atoms with E-state index < -0.39 is 10.0 Å². The molecule has 0 atom stereocenters. The van der Waals surface area contributed by atoms with Gasteiger partial charge in [0.1, 0.15) is 5.82 Å². The highest BCUT2D eigenvalue weighted by molar-refractivity contribution is 7.89. The minimum absolute atomic E-state index is 0.116. The number of morpholine rings is 1. The molecular weight excluding hydrogens is 319 g/mol. The molecule has 0 spiro atoms. The normalized spacial score (nSPS) is 16.8. The average molecular weight is 344 g/mol. The standard InChI is InChI=1S/C16H25FN2O3S/c1-2-12-23(20,21)19(7-6-18-8-10-22-11-9-18)14-15-4-3-5-16(17)13-15/h3-5,13H,2,6-12,14H2,1H3. The molecule has 0 aliphatic carbocycles. The topological polar surface area (TPSA) is 49.9 Å². The average Bonchev–Trinajstić information content (AvgIpc) is 2.52. The smallest absolute Gasteiger partial charge is 0.214 e. The maximum Gasteiger partial charge on any atom is 0.214 e. The monoisotopic (exact) mass is 344 g/mol. The van der Waals surface area contributed by atoms with Gasteiger partial charge in [-0.2, -0.15) is 4.31 Å². The first-order valence-corrected chi connectivity index (χ1v) is 9.64. The van der Waals surface area contributed by atoms with Gasteiger partial charge >= 0.3 is 0 Å². The van der Waals surface area contributed by atoms with Crippen LogP contribution in [0.15, 0.2) is 24.3 Å². The molecule has 130 valence electrons. The Balaban J connectivity index is 2.04. The van der Waals surface area contributed by atoms with Gasteiger partial charge in [-0.05, 0) is 24.1 Å². The van der Waals surface area contributed by atoms with E-state index in [2.05, 4.69) is 4.90 Å². The number of sulfonamides is 1. The van der Waals surface area contributed by atoms with Crippen molar-refractivity contribution in [2.75, 3.05) is 45.1 Å². The molecule has 5 nitrogen and oxygen atoms in total. The molecule has 0 unspecified atom stereocenters. The zero-order valence-corrected chi connectivity index (χ0v) is 14.4. The third-order valence-corrected chi connectivity index (χ3v) is 5.90. The molecule has 0 saturated carbocycles. The molecule has 0 aromatic heterocycles. The Hall–Kier alpha value is -1.02. The van der Waals surface area contributed by atoms with Crippen LogP contribution in [0.3, 0.4) is 0 Å². The van der Waals surface area contributed by atoms with Gasteiger partial charge in [-0.15, -0.1) is 0 Å². The lowest BCUT2D eigenvalue weighted by molar-refractivity contribution is 0.0361. The third kappa shape index (κ3) is 5.84. The molecule has 1 aliphatic rings. The number of nitrogens with zero attached hydrogens (tertiary/aromatic N) is 2. The van der Waals surface area contributed by atoms with Crippen molar-refractivity contribution in [3.8, 4) is 0 Å². The minimum Gasteiger partial charge on any atom is -0.379 e. The Kier molecular flexibility index (Phi) is 6.95. The van der Waals surface area contributed by atoms with Crippen LogP contribution in [0.5, 0.6) is 0 Å². The summed E-state index contributed by atoms with van der Waals surface area (Å²) < 4.78 is 45.1. The summed E-state index contributed by atoms with van der Waals surface area (Å²) in [6.07, 6.45) is 0.569. The van der Waals surface area contributed by atoms with Crippen LogP contribution in [0.1, 0.15) is 18.9 Å². The molecule has 1 fully saturated rings. The second-order valence-corrected chi connectivity index (χ2v) is 7.82. The van der Waals surface area contributed by atoms with Crippen molar-refractivity contribution < 1.29 is 17.5 Å². The maximum absolute atomic E-state index is 13.3. The SMILES string of the molecule is CCCS(=O)(=O)N(CCN1CCOCC1)Cc1cccc(F)c1. The van der Waals surface area contributed by atoms with E-state index in [1.54, 1.807) is 12.1 Å². The van der Waals surface area contributed by atoms with Gasteiger partial charge in [0.05, 0.1) is 19.0 Å². The fourth-order valence-electron chi connectivity index (χ4n) is 2.62. The first-order valence-electron chi connectivity index (χ1n) is 8.03. The van der Waals surface area contributed by atoms with E-state index >= 15 is 0 Å². The second kappa shape index (κ2) is 8.73. The molecule has 7 heteroatoms. The largest absolute Gasteiger partial charge is 0.379 e. The summed E-state index contributed by atoms with van der Waals surface area (Å²) in [4.78, 5) is 2.20. The van der Waals surface area contributed by atoms with Crippen LogP contribution in [0.4, 0.5) is 4.39 Å². The van der Waals surface area contributed by atoms with E-state index in [1.807, 2.05) is 6.92 Å². The van der Waals surface area contributed by atoms with Gasteiger partial charge in [0.15, 0.2) is 0 Å². The van der Waals surface area contributed by atoms with Gasteiger partial charge in [-0.25, -0.2) is 12.8 Å². The summed E-state index contributed by atoms with van der Waals surface area (Å²) in [6.45, 7) is 6.16. The van der Waals surface area contributed by atoms with E-state index in [0.717, 1.165) is 13.1 Å². The Morgan fingerprint density at radius 3 is 2.70 bits per heavy atom. The molecule has 0 N–H and O–H groups in total. The molecular formula is C16H25FN2O3S. The molecule has 0 radical (unpaired) electrons. The highest BCUT2D eigenvalue weighted by atomic mass is 32.2. The van der Waals surface area contributed by atoms with Crippen LogP contribution in [-0.2, 0) is 21.3 Å². The Morgan fingerprint density at radius 2 is 2.04 bits per heavy atom. The van der Waals surface area contributed by atoms with Gasteiger partial charge in [-0.3, -0.25) is 4.90 Å². The molecule has 1 heterocycles. The first kappa shape index (κ1) is 18.3. The van der Waals surface area contributed by atoms with Crippen molar-refractivity contribution in [2.45, 2.75) is 19.9 Å². The predicted molar refractivity (Wildman–Crippen MR) is 88.1 cm³/mol. The zero-order valence-electron chi connectivity index (χ0n) is 13.6. The van der Waals surface area contributed by atoms with Crippen LogP contribution in [0.25, 0.3) is 0 Å². The highest BCUT2D eigenvalue weighted by Crippen LogP contribution is 2.13. The molecule has 1 aromatic carbocycles. The van der Waals surface area contributed by atoms with E-state index in [4.69, 9.17) is 4.74 Å². The Morgan fingerprint density at radius 1 is 1.30 bits per heavy atom. The number of halogens is 1. The van der Waals surface area contributed by atoms with Crippen LogP contribution in [0, 0.1) is 5.82 Å². The minimum atomic E-state index is -3.33. The molecule has 1 aliphatic heterocycles. The number of rotatable bonds is 8. The fourth-order valence-corrected chi connectivity index (χ4v) is 4.10. The van der Waals surface area contributed by atoms with Gasteiger partial charge in [-0.1, -0.05) is 19.1 Å². The van der Waals surface area contributed by atoms with Crippen LogP contribution in [-0.4, -0.2) is 62.8 Å². The Labute approximate surface area is 138 Å². The number of hydrogen-bond acceptors (Lipinski definition) is 4. The second-order valence-electron chi connectivity index (χ2n) is 5.73. The summed E-state index contributed by atoms with van der Waals surface area (Å²) in [5, 5.41) is 0. The first-order chi connectivity index (χ1) is 11.0. The lowest BCUT2D eigenvalue weighted by Crippen LogP contribution is -2.43. The summed E-state index contributed by atoms with van der Waals surface area (Å²) in [7, 11) is -3.33. The Bertz CT molecular complexity index is 589.